The number of hydrogen-bond donors (Lipinski definition) is 1. The van der Waals surface area contributed by atoms with E-state index in [4.69, 9.17) is 5.11 Å². The van der Waals surface area contributed by atoms with E-state index >= 15 is 0 Å². The van der Waals surface area contributed by atoms with E-state index in [1.165, 1.54) is 0 Å². The van der Waals surface area contributed by atoms with Crippen LogP contribution in [0.5, 0.6) is 0 Å². The van der Waals surface area contributed by atoms with Crippen LogP contribution < -0.4 is 0 Å². The fraction of sp³-hybridized carbons (Fsp3) is 0.214. The minimum absolute atomic E-state index is 0.112. The number of pyridine rings is 1. The zero-order valence-corrected chi connectivity index (χ0v) is 9.20. The molecule has 0 saturated heterocycles. The summed E-state index contributed by atoms with van der Waals surface area (Å²) in [5.74, 6) is 5.92. The maximum absolute atomic E-state index is 8.63. The van der Waals surface area contributed by atoms with E-state index in [0.717, 1.165) is 22.2 Å². The molecule has 80 valence electrons. The van der Waals surface area contributed by atoms with E-state index in [2.05, 4.69) is 22.9 Å². The molecule has 1 aromatic heterocycles. The first kappa shape index (κ1) is 10.7. The Balaban J connectivity index is 2.38. The van der Waals surface area contributed by atoms with Crippen LogP contribution in [0.1, 0.15) is 17.7 Å². The molecule has 1 heterocycles. The van der Waals surface area contributed by atoms with Crippen LogP contribution in [-0.4, -0.2) is 16.7 Å². The molecule has 1 aromatic carbocycles. The number of aliphatic hydroxyl groups is 1. The van der Waals surface area contributed by atoms with Crippen molar-refractivity contribution in [2.75, 3.05) is 6.61 Å². The summed E-state index contributed by atoms with van der Waals surface area (Å²) in [5, 5.41) is 9.73. The summed E-state index contributed by atoms with van der Waals surface area (Å²) in [4.78, 5) is 4.43. The van der Waals surface area contributed by atoms with Crippen LogP contribution >= 0.6 is 0 Å². The highest BCUT2D eigenvalue weighted by atomic mass is 16.2. The Bertz CT molecular complexity index is 564. The van der Waals surface area contributed by atoms with Gasteiger partial charge in [0.05, 0.1) is 12.1 Å². The average molecular weight is 211 g/mol. The Morgan fingerprint density at radius 1 is 1.25 bits per heavy atom. The molecule has 0 aliphatic heterocycles. The second-order valence-corrected chi connectivity index (χ2v) is 3.64. The van der Waals surface area contributed by atoms with Crippen molar-refractivity contribution in [3.8, 4) is 11.8 Å². The van der Waals surface area contributed by atoms with Crippen molar-refractivity contribution in [2.24, 2.45) is 0 Å². The summed E-state index contributed by atoms with van der Waals surface area (Å²) in [7, 11) is 0. The van der Waals surface area contributed by atoms with Crippen LogP contribution in [0, 0.1) is 18.8 Å². The number of aromatic nitrogens is 1. The summed E-state index contributed by atoms with van der Waals surface area (Å²) in [5.41, 5.74) is 2.98. The zero-order valence-electron chi connectivity index (χ0n) is 9.20. The van der Waals surface area contributed by atoms with Gasteiger partial charge in [-0.3, -0.25) is 4.98 Å². The lowest BCUT2D eigenvalue weighted by atomic mass is 10.1. The van der Waals surface area contributed by atoms with Gasteiger partial charge in [0.25, 0.3) is 0 Å². The Morgan fingerprint density at radius 2 is 2.12 bits per heavy atom. The Kier molecular flexibility index (Phi) is 3.19. The van der Waals surface area contributed by atoms with Gasteiger partial charge in [-0.25, -0.2) is 0 Å². The van der Waals surface area contributed by atoms with Gasteiger partial charge in [-0.15, -0.1) is 0 Å². The molecule has 1 N–H and O–H groups in total. The summed E-state index contributed by atoms with van der Waals surface area (Å²) < 4.78 is 0. The smallest absolute Gasteiger partial charge is 0.0706 e. The predicted octanol–water partition coefficient (Wildman–Crippen LogP) is 2.28. The zero-order chi connectivity index (χ0) is 11.4. The maximum atomic E-state index is 8.63. The molecule has 16 heavy (non-hydrogen) atoms. The summed E-state index contributed by atoms with van der Waals surface area (Å²) >= 11 is 0. The molecule has 2 nitrogen and oxygen atoms in total. The van der Waals surface area contributed by atoms with Crippen LogP contribution in [0.4, 0.5) is 0 Å². The van der Waals surface area contributed by atoms with Gasteiger partial charge >= 0.3 is 0 Å². The number of rotatable bonds is 1. The lowest BCUT2D eigenvalue weighted by Gasteiger charge is -1.99. The van der Waals surface area contributed by atoms with E-state index < -0.39 is 0 Å². The topological polar surface area (TPSA) is 33.1 Å². The van der Waals surface area contributed by atoms with Crippen molar-refractivity contribution < 1.29 is 5.11 Å². The SMILES string of the molecule is Cc1ccc2cc(C#CCCO)ccc2n1. The van der Waals surface area contributed by atoms with E-state index in [-0.39, 0.29) is 6.61 Å². The lowest BCUT2D eigenvalue weighted by molar-refractivity contribution is 0.305. The highest BCUT2D eigenvalue weighted by molar-refractivity contribution is 5.80. The molecule has 0 atom stereocenters. The standard InChI is InChI=1S/C14H13NO/c1-11-5-7-13-10-12(4-2-3-9-16)6-8-14(13)15-11/h5-8,10,16H,3,9H2,1H3. The monoisotopic (exact) mass is 211 g/mol. The average Bonchev–Trinajstić information content (AvgIpc) is 2.29. The van der Waals surface area contributed by atoms with Gasteiger partial charge in [-0.1, -0.05) is 17.9 Å². The molecule has 0 amide bonds. The van der Waals surface area contributed by atoms with Gasteiger partial charge in [0.15, 0.2) is 0 Å². The largest absolute Gasteiger partial charge is 0.395 e. The fourth-order valence-corrected chi connectivity index (χ4v) is 1.53. The minimum Gasteiger partial charge on any atom is -0.395 e. The molecular formula is C14H13NO. The van der Waals surface area contributed by atoms with Crippen LogP contribution in [0.15, 0.2) is 30.3 Å². The van der Waals surface area contributed by atoms with Gasteiger partial charge in [-0.2, -0.15) is 0 Å². The van der Waals surface area contributed by atoms with Crippen LogP contribution in [-0.2, 0) is 0 Å². The molecule has 2 aromatic rings. The van der Waals surface area contributed by atoms with Crippen molar-refractivity contribution >= 4 is 10.9 Å². The molecule has 0 aliphatic rings. The molecule has 0 bridgehead atoms. The number of nitrogens with zero attached hydrogens (tertiary/aromatic N) is 1. The first-order chi connectivity index (χ1) is 7.79. The van der Waals surface area contributed by atoms with E-state index in [1.807, 2.05) is 31.2 Å². The van der Waals surface area contributed by atoms with Gasteiger partial charge in [0.1, 0.15) is 0 Å². The van der Waals surface area contributed by atoms with E-state index in [1.54, 1.807) is 0 Å². The summed E-state index contributed by atoms with van der Waals surface area (Å²) in [6.07, 6.45) is 0.518. The summed E-state index contributed by atoms with van der Waals surface area (Å²) in [6, 6.07) is 10.00. The Hall–Kier alpha value is -1.85. The third-order valence-corrected chi connectivity index (χ3v) is 2.30. The lowest BCUT2D eigenvalue weighted by Crippen LogP contribution is -1.84. The molecule has 0 saturated carbocycles. The van der Waals surface area contributed by atoms with Crippen molar-refractivity contribution in [3.63, 3.8) is 0 Å². The second-order valence-electron chi connectivity index (χ2n) is 3.64. The van der Waals surface area contributed by atoms with Crippen molar-refractivity contribution in [3.05, 3.63) is 41.6 Å². The van der Waals surface area contributed by atoms with E-state index in [0.29, 0.717) is 6.42 Å². The Morgan fingerprint density at radius 3 is 2.94 bits per heavy atom. The molecule has 0 fully saturated rings. The van der Waals surface area contributed by atoms with Gasteiger partial charge in [-0.05, 0) is 31.2 Å². The molecule has 2 heteroatoms. The van der Waals surface area contributed by atoms with Crippen molar-refractivity contribution in [1.29, 1.82) is 0 Å². The summed E-state index contributed by atoms with van der Waals surface area (Å²) in [6.45, 7) is 2.09. The Labute approximate surface area is 95.0 Å². The molecule has 0 radical (unpaired) electrons. The molecule has 0 unspecified atom stereocenters. The fourth-order valence-electron chi connectivity index (χ4n) is 1.53. The first-order valence-electron chi connectivity index (χ1n) is 5.27. The number of fused-ring (bicyclic) bond motifs is 1. The van der Waals surface area contributed by atoms with Crippen molar-refractivity contribution in [2.45, 2.75) is 13.3 Å². The molecular weight excluding hydrogens is 198 g/mol. The maximum Gasteiger partial charge on any atom is 0.0706 e. The van der Waals surface area contributed by atoms with Gasteiger partial charge < -0.3 is 5.11 Å². The predicted molar refractivity (Wildman–Crippen MR) is 65.1 cm³/mol. The van der Waals surface area contributed by atoms with Gasteiger partial charge in [0, 0.05) is 23.1 Å². The molecule has 0 aliphatic carbocycles. The molecule has 0 spiro atoms. The highest BCUT2D eigenvalue weighted by Crippen LogP contribution is 2.14. The van der Waals surface area contributed by atoms with Crippen molar-refractivity contribution in [1.82, 2.24) is 4.98 Å². The third kappa shape index (κ3) is 2.39. The minimum atomic E-state index is 0.112. The quantitative estimate of drug-likeness (QED) is 0.734. The molecule has 2 rings (SSSR count). The van der Waals surface area contributed by atoms with Crippen LogP contribution in [0.2, 0.25) is 0 Å². The van der Waals surface area contributed by atoms with Crippen LogP contribution in [0.3, 0.4) is 0 Å². The third-order valence-electron chi connectivity index (χ3n) is 2.30. The van der Waals surface area contributed by atoms with E-state index in [9.17, 15) is 0 Å². The highest BCUT2D eigenvalue weighted by Gasteiger charge is 1.95. The number of hydrogen-bond acceptors (Lipinski definition) is 2. The van der Waals surface area contributed by atoms with Gasteiger partial charge in [0.2, 0.25) is 0 Å². The number of aryl methyl sites for hydroxylation is 1. The second kappa shape index (κ2) is 4.78. The number of benzene rings is 1. The first-order valence-corrected chi connectivity index (χ1v) is 5.27. The number of aliphatic hydroxyl groups excluding tert-OH is 1. The van der Waals surface area contributed by atoms with Crippen LogP contribution in [0.25, 0.3) is 10.9 Å². The normalized spacial score (nSPS) is 9.88.